The third-order valence-electron chi connectivity index (χ3n) is 3.90. The number of nitrogens with one attached hydrogen (secondary N) is 2. The second-order valence-electron chi connectivity index (χ2n) is 6.60. The number of rotatable bonds is 6. The van der Waals surface area contributed by atoms with Crippen molar-refractivity contribution in [3.63, 3.8) is 0 Å². The maximum atomic E-state index is 12.5. The van der Waals surface area contributed by atoms with E-state index in [1.807, 2.05) is 44.2 Å². The predicted octanol–water partition coefficient (Wildman–Crippen LogP) is 4.87. The van der Waals surface area contributed by atoms with Gasteiger partial charge in [0.05, 0.1) is 0 Å². The molecule has 0 fully saturated rings. The second-order valence-corrected chi connectivity index (χ2v) is 6.60. The maximum absolute atomic E-state index is 12.5. The normalized spacial score (nSPS) is 10.4. The van der Waals surface area contributed by atoms with Crippen molar-refractivity contribution >= 4 is 17.5 Å². The van der Waals surface area contributed by atoms with Crippen molar-refractivity contribution in [3.05, 3.63) is 90.0 Å². The van der Waals surface area contributed by atoms with Crippen LogP contribution in [0.15, 0.2) is 78.9 Å². The van der Waals surface area contributed by atoms with Crippen LogP contribution in [0.25, 0.3) is 0 Å². The van der Waals surface area contributed by atoms with E-state index in [1.54, 1.807) is 48.5 Å². The van der Waals surface area contributed by atoms with E-state index in [-0.39, 0.29) is 17.9 Å². The van der Waals surface area contributed by atoms with Crippen LogP contribution in [0.4, 0.5) is 5.69 Å². The molecule has 5 heteroatoms. The monoisotopic (exact) mass is 374 g/mol. The molecular formula is C23H22N2O3. The average Bonchev–Trinajstić information content (AvgIpc) is 2.70. The number of hydrogen-bond acceptors (Lipinski definition) is 3. The number of benzene rings is 3. The molecule has 0 aliphatic carbocycles. The van der Waals surface area contributed by atoms with E-state index in [2.05, 4.69) is 10.6 Å². The molecule has 0 saturated carbocycles. The van der Waals surface area contributed by atoms with E-state index >= 15 is 0 Å². The van der Waals surface area contributed by atoms with Gasteiger partial charge in [-0.1, -0.05) is 24.3 Å². The number of carbonyl (C=O) groups excluding carboxylic acids is 2. The average molecular weight is 374 g/mol. The van der Waals surface area contributed by atoms with E-state index in [0.717, 1.165) is 5.75 Å². The highest BCUT2D eigenvalue weighted by Crippen LogP contribution is 2.23. The van der Waals surface area contributed by atoms with Crippen LogP contribution < -0.4 is 15.4 Å². The molecule has 0 atom stereocenters. The molecule has 142 valence electrons. The lowest BCUT2D eigenvalue weighted by Gasteiger charge is -2.10. The maximum Gasteiger partial charge on any atom is 0.255 e. The van der Waals surface area contributed by atoms with Crippen molar-refractivity contribution in [1.29, 1.82) is 0 Å². The summed E-state index contributed by atoms with van der Waals surface area (Å²) in [5, 5.41) is 5.65. The largest absolute Gasteiger partial charge is 0.457 e. The minimum atomic E-state index is -0.282. The molecular weight excluding hydrogens is 352 g/mol. The Labute approximate surface area is 164 Å². The summed E-state index contributed by atoms with van der Waals surface area (Å²) in [5.74, 6) is 0.940. The van der Waals surface area contributed by atoms with Crippen molar-refractivity contribution in [3.8, 4) is 11.5 Å². The SMILES string of the molecule is CC(C)NC(=O)c1cccc(C(=O)Nc2ccc(Oc3ccccc3)cc2)c1. The highest BCUT2D eigenvalue weighted by atomic mass is 16.5. The van der Waals surface area contributed by atoms with Crippen LogP contribution in [0, 0.1) is 0 Å². The Morgan fingerprint density at radius 1 is 0.750 bits per heavy atom. The number of amides is 2. The number of ether oxygens (including phenoxy) is 1. The number of carbonyl (C=O) groups is 2. The van der Waals surface area contributed by atoms with Gasteiger partial charge in [-0.05, 0) is 68.4 Å². The van der Waals surface area contributed by atoms with E-state index < -0.39 is 0 Å². The molecule has 28 heavy (non-hydrogen) atoms. The zero-order valence-corrected chi connectivity index (χ0v) is 15.8. The van der Waals surface area contributed by atoms with Gasteiger partial charge in [-0.25, -0.2) is 0 Å². The summed E-state index contributed by atoms with van der Waals surface area (Å²) in [6.45, 7) is 3.78. The predicted molar refractivity (Wildman–Crippen MR) is 110 cm³/mol. The standard InChI is InChI=1S/C23H22N2O3/c1-16(2)24-22(26)17-7-6-8-18(15-17)23(27)25-19-11-13-21(14-12-19)28-20-9-4-3-5-10-20/h3-16H,1-2H3,(H,24,26)(H,25,27). The fraction of sp³-hybridized carbons (Fsp3) is 0.130. The molecule has 3 aromatic carbocycles. The van der Waals surface area contributed by atoms with E-state index in [1.165, 1.54) is 0 Å². The lowest BCUT2D eigenvalue weighted by atomic mass is 10.1. The summed E-state index contributed by atoms with van der Waals surface area (Å²) >= 11 is 0. The highest BCUT2D eigenvalue weighted by molar-refractivity contribution is 6.06. The molecule has 0 aromatic heterocycles. The smallest absolute Gasteiger partial charge is 0.255 e. The quantitative estimate of drug-likeness (QED) is 0.647. The van der Waals surface area contributed by atoms with E-state index in [4.69, 9.17) is 4.74 Å². The first-order chi connectivity index (χ1) is 13.5. The van der Waals surface area contributed by atoms with Gasteiger partial charge in [0.2, 0.25) is 0 Å². The molecule has 5 nitrogen and oxygen atoms in total. The highest BCUT2D eigenvalue weighted by Gasteiger charge is 2.11. The van der Waals surface area contributed by atoms with Crippen LogP contribution in [0.5, 0.6) is 11.5 Å². The Morgan fingerprint density at radius 2 is 1.36 bits per heavy atom. The summed E-state index contributed by atoms with van der Waals surface area (Å²) in [6.07, 6.45) is 0. The lowest BCUT2D eigenvalue weighted by Crippen LogP contribution is -2.30. The van der Waals surface area contributed by atoms with Gasteiger partial charge in [-0.2, -0.15) is 0 Å². The number of anilines is 1. The van der Waals surface area contributed by atoms with Gasteiger partial charge in [0.1, 0.15) is 11.5 Å². The zero-order chi connectivity index (χ0) is 19.9. The zero-order valence-electron chi connectivity index (χ0n) is 15.8. The summed E-state index contributed by atoms with van der Waals surface area (Å²) in [5.41, 5.74) is 1.51. The van der Waals surface area contributed by atoms with Gasteiger partial charge in [0.25, 0.3) is 11.8 Å². The van der Waals surface area contributed by atoms with Crippen LogP contribution in [0.3, 0.4) is 0 Å². The molecule has 0 radical (unpaired) electrons. The first-order valence-electron chi connectivity index (χ1n) is 9.06. The van der Waals surface area contributed by atoms with Gasteiger partial charge < -0.3 is 15.4 Å². The summed E-state index contributed by atoms with van der Waals surface area (Å²) in [6, 6.07) is 23.3. The summed E-state index contributed by atoms with van der Waals surface area (Å²) in [4.78, 5) is 24.6. The number of para-hydroxylation sites is 1. The third kappa shape index (κ3) is 5.20. The van der Waals surface area contributed by atoms with Crippen molar-refractivity contribution in [2.24, 2.45) is 0 Å². The van der Waals surface area contributed by atoms with E-state index in [0.29, 0.717) is 22.6 Å². The Balaban J connectivity index is 1.65. The molecule has 2 N–H and O–H groups in total. The van der Waals surface area contributed by atoms with Crippen molar-refractivity contribution in [2.75, 3.05) is 5.32 Å². The third-order valence-corrected chi connectivity index (χ3v) is 3.90. The Bertz CT molecular complexity index is 951. The van der Waals surface area contributed by atoms with Crippen molar-refractivity contribution < 1.29 is 14.3 Å². The van der Waals surface area contributed by atoms with E-state index in [9.17, 15) is 9.59 Å². The van der Waals surface area contributed by atoms with Crippen LogP contribution in [-0.2, 0) is 0 Å². The van der Waals surface area contributed by atoms with Gasteiger partial charge in [-0.15, -0.1) is 0 Å². The lowest BCUT2D eigenvalue weighted by molar-refractivity contribution is 0.0943. The Morgan fingerprint density at radius 3 is 2.00 bits per heavy atom. The Kier molecular flexibility index (Phi) is 6.07. The second kappa shape index (κ2) is 8.86. The summed E-state index contributed by atoms with van der Waals surface area (Å²) < 4.78 is 5.74. The first-order valence-corrected chi connectivity index (χ1v) is 9.06. The molecule has 0 spiro atoms. The Hall–Kier alpha value is -3.60. The fourth-order valence-electron chi connectivity index (χ4n) is 2.58. The van der Waals surface area contributed by atoms with Gasteiger partial charge in [-0.3, -0.25) is 9.59 Å². The minimum Gasteiger partial charge on any atom is -0.457 e. The van der Waals surface area contributed by atoms with Crippen molar-refractivity contribution in [1.82, 2.24) is 5.32 Å². The van der Waals surface area contributed by atoms with Gasteiger partial charge >= 0.3 is 0 Å². The van der Waals surface area contributed by atoms with Crippen molar-refractivity contribution in [2.45, 2.75) is 19.9 Å². The molecule has 3 aromatic rings. The molecule has 0 unspecified atom stereocenters. The first kappa shape index (κ1) is 19.2. The van der Waals surface area contributed by atoms with Crippen LogP contribution in [0.2, 0.25) is 0 Å². The van der Waals surface area contributed by atoms with Gasteiger partial charge in [0, 0.05) is 22.9 Å². The van der Waals surface area contributed by atoms with Crippen LogP contribution in [-0.4, -0.2) is 17.9 Å². The fourth-order valence-corrected chi connectivity index (χ4v) is 2.58. The molecule has 0 heterocycles. The minimum absolute atomic E-state index is 0.0293. The van der Waals surface area contributed by atoms with Crippen LogP contribution >= 0.6 is 0 Å². The number of hydrogen-bond donors (Lipinski definition) is 2. The van der Waals surface area contributed by atoms with Crippen LogP contribution in [0.1, 0.15) is 34.6 Å². The molecule has 0 bridgehead atoms. The molecule has 0 saturated heterocycles. The van der Waals surface area contributed by atoms with Gasteiger partial charge in [0.15, 0.2) is 0 Å². The molecule has 2 amide bonds. The summed E-state index contributed by atoms with van der Waals surface area (Å²) in [7, 11) is 0. The molecule has 0 aliphatic rings. The molecule has 3 rings (SSSR count). The molecule has 0 aliphatic heterocycles. The topological polar surface area (TPSA) is 67.4 Å².